The molecule has 0 unspecified atom stereocenters. The zero-order chi connectivity index (χ0) is 17.0. The molecule has 1 aliphatic carbocycles. The van der Waals surface area contributed by atoms with Crippen LogP contribution in [-0.2, 0) is 4.84 Å². The maximum Gasteiger partial charge on any atom is 0.285 e. The lowest BCUT2D eigenvalue weighted by molar-refractivity contribution is -0.119. The van der Waals surface area contributed by atoms with E-state index in [0.29, 0.717) is 11.1 Å². The largest absolute Gasteiger partial charge is 0.285 e. The summed E-state index contributed by atoms with van der Waals surface area (Å²) in [6, 6.07) is 22.6. The number of imide groups is 1. The van der Waals surface area contributed by atoms with E-state index in [1.807, 2.05) is 48.5 Å². The zero-order valence-corrected chi connectivity index (χ0v) is 13.2. The number of rotatable bonds is 2. The highest BCUT2D eigenvalue weighted by Gasteiger charge is 2.40. The van der Waals surface area contributed by atoms with Crippen molar-refractivity contribution in [3.8, 4) is 11.1 Å². The molecule has 120 valence electrons. The lowest BCUT2D eigenvalue weighted by Gasteiger charge is -2.20. The second kappa shape index (κ2) is 5.13. The lowest BCUT2D eigenvalue weighted by atomic mass is 10.1. The van der Waals surface area contributed by atoms with Gasteiger partial charge in [0.2, 0.25) is 0 Å². The molecule has 25 heavy (non-hydrogen) atoms. The number of amides is 2. The maximum atomic E-state index is 12.6. The Morgan fingerprint density at radius 3 is 1.48 bits per heavy atom. The van der Waals surface area contributed by atoms with E-state index in [0.717, 1.165) is 27.3 Å². The van der Waals surface area contributed by atoms with Crippen LogP contribution < -0.4 is 0 Å². The molecule has 2 amide bonds. The minimum atomic E-state index is -0.477. The third-order valence-corrected chi connectivity index (χ3v) is 4.74. The van der Waals surface area contributed by atoms with Gasteiger partial charge in [-0.05, 0) is 34.4 Å². The fraction of sp³-hybridized carbons (Fsp3) is 0.0476. The average molecular weight is 327 g/mol. The lowest BCUT2D eigenvalue weighted by Crippen LogP contribution is -2.31. The van der Waals surface area contributed by atoms with Gasteiger partial charge in [0.15, 0.2) is 0 Å². The van der Waals surface area contributed by atoms with Crippen molar-refractivity contribution in [3.05, 3.63) is 95.1 Å². The van der Waals surface area contributed by atoms with Crippen LogP contribution in [0.5, 0.6) is 0 Å². The summed E-state index contributed by atoms with van der Waals surface area (Å²) in [5, 5.41) is 0.897. The smallest absolute Gasteiger partial charge is 0.266 e. The monoisotopic (exact) mass is 327 g/mol. The molecule has 0 atom stereocenters. The molecular weight excluding hydrogens is 314 g/mol. The van der Waals surface area contributed by atoms with Crippen molar-refractivity contribution in [1.82, 2.24) is 5.06 Å². The molecule has 0 spiro atoms. The molecule has 2 aliphatic rings. The van der Waals surface area contributed by atoms with Gasteiger partial charge in [-0.15, -0.1) is 5.06 Å². The number of nitrogens with zero attached hydrogens (tertiary/aromatic N) is 1. The molecule has 0 N–H and O–H groups in total. The van der Waals surface area contributed by atoms with E-state index >= 15 is 0 Å². The van der Waals surface area contributed by atoms with Crippen LogP contribution in [0.4, 0.5) is 0 Å². The topological polar surface area (TPSA) is 46.6 Å². The summed E-state index contributed by atoms with van der Waals surface area (Å²) < 4.78 is 0. The van der Waals surface area contributed by atoms with Crippen molar-refractivity contribution in [3.63, 3.8) is 0 Å². The predicted molar refractivity (Wildman–Crippen MR) is 91.7 cm³/mol. The van der Waals surface area contributed by atoms with Crippen LogP contribution in [0.1, 0.15) is 37.9 Å². The van der Waals surface area contributed by atoms with Gasteiger partial charge in [0, 0.05) is 0 Å². The summed E-state index contributed by atoms with van der Waals surface area (Å²) in [6.07, 6.45) is -0.477. The fourth-order valence-electron chi connectivity index (χ4n) is 3.59. The summed E-state index contributed by atoms with van der Waals surface area (Å²) in [5.41, 5.74) is 4.82. The Kier molecular flexibility index (Phi) is 2.90. The maximum absolute atomic E-state index is 12.6. The van der Waals surface area contributed by atoms with E-state index in [1.54, 1.807) is 24.3 Å². The highest BCUT2D eigenvalue weighted by Crippen LogP contribution is 2.46. The number of carbonyl (C=O) groups excluding carboxylic acids is 2. The van der Waals surface area contributed by atoms with E-state index in [2.05, 4.69) is 0 Å². The van der Waals surface area contributed by atoms with E-state index in [1.165, 1.54) is 0 Å². The zero-order valence-electron chi connectivity index (χ0n) is 13.2. The van der Waals surface area contributed by atoms with Gasteiger partial charge < -0.3 is 0 Å². The van der Waals surface area contributed by atoms with Crippen LogP contribution in [0.15, 0.2) is 72.8 Å². The van der Waals surface area contributed by atoms with Crippen LogP contribution in [0.25, 0.3) is 11.1 Å². The van der Waals surface area contributed by atoms with E-state index in [-0.39, 0.29) is 0 Å². The molecular formula is C21H13NO3. The molecule has 0 aromatic heterocycles. The van der Waals surface area contributed by atoms with Crippen LogP contribution in [0.2, 0.25) is 0 Å². The summed E-state index contributed by atoms with van der Waals surface area (Å²) in [7, 11) is 0. The van der Waals surface area contributed by atoms with Crippen molar-refractivity contribution in [2.75, 3.05) is 0 Å². The quantitative estimate of drug-likeness (QED) is 0.669. The van der Waals surface area contributed by atoms with Crippen LogP contribution in [0, 0.1) is 0 Å². The van der Waals surface area contributed by atoms with Gasteiger partial charge in [-0.3, -0.25) is 9.59 Å². The summed E-state index contributed by atoms with van der Waals surface area (Å²) in [6.45, 7) is 0. The van der Waals surface area contributed by atoms with E-state index in [4.69, 9.17) is 4.84 Å². The standard InChI is InChI=1S/C21H13NO3/c23-20-17-11-5-6-12-18(17)21(24)22(20)25-19-15-9-3-1-7-13(15)14-8-2-4-10-16(14)19/h1-12,19H. The van der Waals surface area contributed by atoms with Gasteiger partial charge in [0.25, 0.3) is 11.8 Å². The number of hydrogen-bond donors (Lipinski definition) is 0. The molecule has 4 nitrogen and oxygen atoms in total. The van der Waals surface area contributed by atoms with Gasteiger partial charge >= 0.3 is 0 Å². The molecule has 0 saturated heterocycles. The Labute approximate surface area is 144 Å². The second-order valence-corrected chi connectivity index (χ2v) is 6.11. The first-order chi connectivity index (χ1) is 12.3. The molecule has 0 fully saturated rings. The minimum Gasteiger partial charge on any atom is -0.266 e. The second-order valence-electron chi connectivity index (χ2n) is 6.11. The van der Waals surface area contributed by atoms with Crippen molar-refractivity contribution in [2.45, 2.75) is 6.10 Å². The molecule has 1 heterocycles. The van der Waals surface area contributed by atoms with E-state index < -0.39 is 17.9 Å². The molecule has 5 rings (SSSR count). The fourth-order valence-corrected chi connectivity index (χ4v) is 3.59. The SMILES string of the molecule is O=C1c2ccccc2C(=O)N1OC1c2ccccc2-c2ccccc21. The number of carbonyl (C=O) groups is 2. The third-order valence-electron chi connectivity index (χ3n) is 4.74. The van der Waals surface area contributed by atoms with E-state index in [9.17, 15) is 9.59 Å². The molecule has 4 heteroatoms. The number of hydroxylamine groups is 2. The van der Waals surface area contributed by atoms with Gasteiger partial charge in [0.05, 0.1) is 11.1 Å². The first kappa shape index (κ1) is 14.1. The average Bonchev–Trinajstić information content (AvgIpc) is 3.11. The van der Waals surface area contributed by atoms with Crippen LogP contribution >= 0.6 is 0 Å². The predicted octanol–water partition coefficient (Wildman–Crippen LogP) is 3.98. The summed E-state index contributed by atoms with van der Waals surface area (Å²) in [4.78, 5) is 31.2. The van der Waals surface area contributed by atoms with Crippen molar-refractivity contribution in [1.29, 1.82) is 0 Å². The van der Waals surface area contributed by atoms with Gasteiger partial charge in [-0.2, -0.15) is 0 Å². The summed E-state index contributed by atoms with van der Waals surface area (Å²) >= 11 is 0. The molecule has 0 saturated carbocycles. The molecule has 3 aromatic carbocycles. The Bertz CT molecular complexity index is 960. The van der Waals surface area contributed by atoms with Gasteiger partial charge in [0.1, 0.15) is 6.10 Å². The van der Waals surface area contributed by atoms with Crippen LogP contribution in [0.3, 0.4) is 0 Å². The number of fused-ring (bicyclic) bond motifs is 4. The molecule has 3 aromatic rings. The Morgan fingerprint density at radius 1 is 0.600 bits per heavy atom. The van der Waals surface area contributed by atoms with Gasteiger partial charge in [-0.25, -0.2) is 4.84 Å². The Balaban J connectivity index is 1.58. The van der Waals surface area contributed by atoms with Crippen molar-refractivity contribution < 1.29 is 14.4 Å². The number of benzene rings is 3. The van der Waals surface area contributed by atoms with Gasteiger partial charge in [-0.1, -0.05) is 60.7 Å². The first-order valence-electron chi connectivity index (χ1n) is 8.08. The number of hydrogen-bond acceptors (Lipinski definition) is 3. The minimum absolute atomic E-state index is 0.382. The summed E-state index contributed by atoms with van der Waals surface area (Å²) in [5.74, 6) is -0.829. The van der Waals surface area contributed by atoms with Crippen molar-refractivity contribution >= 4 is 11.8 Å². The Morgan fingerprint density at radius 2 is 1.00 bits per heavy atom. The van der Waals surface area contributed by atoms with Crippen LogP contribution in [-0.4, -0.2) is 16.9 Å². The highest BCUT2D eigenvalue weighted by atomic mass is 16.7. The van der Waals surface area contributed by atoms with Crippen molar-refractivity contribution in [2.24, 2.45) is 0 Å². The highest BCUT2D eigenvalue weighted by molar-refractivity contribution is 6.20. The Hall–Kier alpha value is -3.24. The first-order valence-corrected chi connectivity index (χ1v) is 8.08. The molecule has 0 bridgehead atoms. The third kappa shape index (κ3) is 1.92. The molecule has 1 aliphatic heterocycles. The molecule has 0 radical (unpaired) electrons. The normalized spacial score (nSPS) is 15.3.